The zero-order valence-corrected chi connectivity index (χ0v) is 24.2. The third-order valence-corrected chi connectivity index (χ3v) is 8.29. The number of carbonyl (C=O) groups is 1. The Morgan fingerprint density at radius 3 is 2.25 bits per heavy atom. The first-order chi connectivity index (χ1) is 19.4. The van der Waals surface area contributed by atoms with Gasteiger partial charge in [0.05, 0.1) is 22.0 Å². The smallest absolute Gasteiger partial charge is 0.255 e. The standard InChI is InChI=1S/C32H27Cl3N4O/c1-21-18-25(34)11-12-26(21)23-8-13-30-36-31(22-6-9-24(33)10-7-22)29(39(30)19-23)20-37-14-16-38(17-15-37)32(40)27-4-2-3-5-28(27)35/h2-13,18-19H,14-17,20H2,1H3. The number of piperazine rings is 1. The summed E-state index contributed by atoms with van der Waals surface area (Å²) in [5, 5.41) is 1.90. The number of halogens is 3. The Bertz CT molecular complexity index is 1710. The van der Waals surface area contributed by atoms with Crippen molar-refractivity contribution in [2.45, 2.75) is 13.5 Å². The maximum atomic E-state index is 13.1. The first-order valence-electron chi connectivity index (χ1n) is 13.2. The summed E-state index contributed by atoms with van der Waals surface area (Å²) < 4.78 is 2.19. The Hall–Kier alpha value is -3.35. The molecule has 0 atom stereocenters. The largest absolute Gasteiger partial charge is 0.336 e. The van der Waals surface area contributed by atoms with E-state index in [2.05, 4.69) is 40.6 Å². The molecule has 0 radical (unpaired) electrons. The maximum absolute atomic E-state index is 13.1. The lowest BCUT2D eigenvalue weighted by Gasteiger charge is -2.35. The highest BCUT2D eigenvalue weighted by atomic mass is 35.5. The summed E-state index contributed by atoms with van der Waals surface area (Å²) in [6.45, 7) is 5.52. The zero-order chi connectivity index (χ0) is 27.8. The average Bonchev–Trinajstić information content (AvgIpc) is 3.31. The number of amides is 1. The van der Waals surface area contributed by atoms with Crippen LogP contribution in [0.5, 0.6) is 0 Å². The van der Waals surface area contributed by atoms with E-state index in [0.29, 0.717) is 35.2 Å². The Morgan fingerprint density at radius 2 is 1.52 bits per heavy atom. The molecule has 0 aliphatic carbocycles. The van der Waals surface area contributed by atoms with Crippen LogP contribution in [0.3, 0.4) is 0 Å². The minimum atomic E-state index is -0.0233. The Labute approximate surface area is 248 Å². The SMILES string of the molecule is Cc1cc(Cl)ccc1-c1ccc2nc(-c3ccc(Cl)cc3)c(CN3CCN(C(=O)c4ccccc4Cl)CC3)n2c1. The first-order valence-corrected chi connectivity index (χ1v) is 14.3. The van der Waals surface area contributed by atoms with E-state index in [0.717, 1.165) is 57.4 Å². The van der Waals surface area contributed by atoms with Gasteiger partial charge in [0.15, 0.2) is 0 Å². The summed E-state index contributed by atoms with van der Waals surface area (Å²) in [6.07, 6.45) is 2.16. The normalized spacial score (nSPS) is 14.2. The molecule has 3 aromatic carbocycles. The topological polar surface area (TPSA) is 40.9 Å². The van der Waals surface area contributed by atoms with Crippen LogP contribution in [0.2, 0.25) is 15.1 Å². The van der Waals surface area contributed by atoms with E-state index >= 15 is 0 Å². The highest BCUT2D eigenvalue weighted by Crippen LogP contribution is 2.31. The predicted octanol–water partition coefficient (Wildman–Crippen LogP) is 7.89. The van der Waals surface area contributed by atoms with Crippen molar-refractivity contribution in [1.82, 2.24) is 19.2 Å². The highest BCUT2D eigenvalue weighted by Gasteiger charge is 2.25. The molecule has 0 unspecified atom stereocenters. The number of hydrogen-bond donors (Lipinski definition) is 0. The van der Waals surface area contributed by atoms with Crippen molar-refractivity contribution in [3.63, 3.8) is 0 Å². The van der Waals surface area contributed by atoms with Crippen LogP contribution in [0, 0.1) is 6.92 Å². The number of pyridine rings is 1. The Balaban J connectivity index is 1.32. The molecule has 0 saturated carbocycles. The van der Waals surface area contributed by atoms with Gasteiger partial charge in [0.1, 0.15) is 5.65 Å². The molecule has 40 heavy (non-hydrogen) atoms. The third-order valence-electron chi connectivity index (χ3n) is 7.47. The Morgan fingerprint density at radius 1 is 0.825 bits per heavy atom. The van der Waals surface area contributed by atoms with Crippen molar-refractivity contribution in [3.05, 3.63) is 117 Å². The van der Waals surface area contributed by atoms with Crippen LogP contribution in [0.15, 0.2) is 85.1 Å². The molecule has 0 bridgehead atoms. The van der Waals surface area contributed by atoms with Gasteiger partial charge in [-0.25, -0.2) is 4.98 Å². The number of carbonyl (C=O) groups excluding carboxylic acids is 1. The lowest BCUT2D eigenvalue weighted by atomic mass is 10.0. The summed E-state index contributed by atoms with van der Waals surface area (Å²) >= 11 is 18.7. The molecule has 5 aromatic rings. The van der Waals surface area contributed by atoms with Crippen LogP contribution >= 0.6 is 34.8 Å². The lowest BCUT2D eigenvalue weighted by molar-refractivity contribution is 0.0627. The lowest BCUT2D eigenvalue weighted by Crippen LogP contribution is -2.48. The molecular weight excluding hydrogens is 563 g/mol. The van der Waals surface area contributed by atoms with E-state index in [-0.39, 0.29) is 5.91 Å². The molecular formula is C32H27Cl3N4O. The number of benzene rings is 3. The molecule has 3 heterocycles. The van der Waals surface area contributed by atoms with Crippen LogP contribution < -0.4 is 0 Å². The number of aryl methyl sites for hydroxylation is 1. The summed E-state index contributed by atoms with van der Waals surface area (Å²) in [5.74, 6) is -0.0233. The van der Waals surface area contributed by atoms with Gasteiger partial charge in [0.25, 0.3) is 5.91 Å². The van der Waals surface area contributed by atoms with Crippen molar-refractivity contribution in [1.29, 1.82) is 0 Å². The molecule has 6 rings (SSSR count). The number of rotatable bonds is 5. The third kappa shape index (κ3) is 5.35. The minimum absolute atomic E-state index is 0.0233. The number of fused-ring (bicyclic) bond motifs is 1. The molecule has 1 amide bonds. The molecule has 1 aliphatic rings. The van der Waals surface area contributed by atoms with Crippen molar-refractivity contribution < 1.29 is 4.79 Å². The van der Waals surface area contributed by atoms with Gasteiger partial charge >= 0.3 is 0 Å². The Kier molecular flexibility index (Phi) is 7.56. The number of nitrogens with zero attached hydrogens (tertiary/aromatic N) is 4. The fourth-order valence-electron chi connectivity index (χ4n) is 5.32. The fraction of sp³-hybridized carbons (Fsp3) is 0.188. The highest BCUT2D eigenvalue weighted by molar-refractivity contribution is 6.33. The quantitative estimate of drug-likeness (QED) is 0.209. The summed E-state index contributed by atoms with van der Waals surface area (Å²) in [4.78, 5) is 22.4. The maximum Gasteiger partial charge on any atom is 0.255 e. The van der Waals surface area contributed by atoms with Gasteiger partial charge in [0, 0.05) is 54.5 Å². The zero-order valence-electron chi connectivity index (χ0n) is 21.9. The van der Waals surface area contributed by atoms with Gasteiger partial charge in [-0.3, -0.25) is 9.69 Å². The fourth-order valence-corrected chi connectivity index (χ4v) is 5.89. The molecule has 1 aliphatic heterocycles. The molecule has 0 spiro atoms. The summed E-state index contributed by atoms with van der Waals surface area (Å²) in [5.41, 5.74) is 7.81. The second kappa shape index (κ2) is 11.3. The van der Waals surface area contributed by atoms with Gasteiger partial charge in [-0.15, -0.1) is 0 Å². The predicted molar refractivity (Wildman–Crippen MR) is 163 cm³/mol. The van der Waals surface area contributed by atoms with Crippen LogP contribution in [0.25, 0.3) is 28.0 Å². The number of hydrogen-bond acceptors (Lipinski definition) is 3. The van der Waals surface area contributed by atoms with Crippen LogP contribution in [-0.4, -0.2) is 51.3 Å². The van der Waals surface area contributed by atoms with E-state index in [1.165, 1.54) is 0 Å². The van der Waals surface area contributed by atoms with Crippen molar-refractivity contribution in [2.75, 3.05) is 26.2 Å². The molecule has 5 nitrogen and oxygen atoms in total. The summed E-state index contributed by atoms with van der Waals surface area (Å²) in [7, 11) is 0. The second-order valence-corrected chi connectivity index (χ2v) is 11.3. The number of aromatic nitrogens is 2. The summed E-state index contributed by atoms with van der Waals surface area (Å²) in [6, 6.07) is 25.2. The van der Waals surface area contributed by atoms with Crippen LogP contribution in [0.4, 0.5) is 0 Å². The van der Waals surface area contributed by atoms with Crippen LogP contribution in [0.1, 0.15) is 21.6 Å². The van der Waals surface area contributed by atoms with Gasteiger partial charge in [-0.1, -0.05) is 65.1 Å². The van der Waals surface area contributed by atoms with Gasteiger partial charge in [0.2, 0.25) is 0 Å². The monoisotopic (exact) mass is 588 g/mol. The number of imidazole rings is 1. The van der Waals surface area contributed by atoms with Crippen LogP contribution in [-0.2, 0) is 6.54 Å². The molecule has 202 valence electrons. The van der Waals surface area contributed by atoms with Gasteiger partial charge in [-0.2, -0.15) is 0 Å². The van der Waals surface area contributed by atoms with E-state index in [9.17, 15) is 4.79 Å². The molecule has 1 saturated heterocycles. The van der Waals surface area contributed by atoms with E-state index in [4.69, 9.17) is 39.8 Å². The van der Waals surface area contributed by atoms with Crippen molar-refractivity contribution in [2.24, 2.45) is 0 Å². The second-order valence-electron chi connectivity index (χ2n) is 10.1. The average molecular weight is 590 g/mol. The minimum Gasteiger partial charge on any atom is -0.336 e. The molecule has 2 aromatic heterocycles. The van der Waals surface area contributed by atoms with E-state index in [1.54, 1.807) is 12.1 Å². The van der Waals surface area contributed by atoms with Gasteiger partial charge in [-0.05, 0) is 72.1 Å². The molecule has 0 N–H and O–H groups in total. The van der Waals surface area contributed by atoms with Crippen molar-refractivity contribution in [3.8, 4) is 22.4 Å². The van der Waals surface area contributed by atoms with Crippen molar-refractivity contribution >= 4 is 46.4 Å². The van der Waals surface area contributed by atoms with Gasteiger partial charge < -0.3 is 9.30 Å². The molecule has 1 fully saturated rings. The molecule has 8 heteroatoms. The van der Waals surface area contributed by atoms with E-state index < -0.39 is 0 Å². The van der Waals surface area contributed by atoms with E-state index in [1.807, 2.05) is 53.4 Å². The first kappa shape index (κ1) is 26.9.